The molecule has 1 heterocycles. The maximum absolute atomic E-state index is 11.8. The third-order valence-electron chi connectivity index (χ3n) is 2.98. The number of amides is 1. The summed E-state index contributed by atoms with van der Waals surface area (Å²) in [5.74, 6) is 0.254. The first-order valence-corrected chi connectivity index (χ1v) is 5.84. The highest BCUT2D eigenvalue weighted by atomic mass is 16.3. The lowest BCUT2D eigenvalue weighted by molar-refractivity contribution is -0.132. The van der Waals surface area contributed by atoms with Crippen LogP contribution in [-0.2, 0) is 4.79 Å². The number of hydrogen-bond acceptors (Lipinski definition) is 3. The monoisotopic (exact) mass is 214 g/mol. The van der Waals surface area contributed by atoms with E-state index in [1.807, 2.05) is 11.9 Å². The Morgan fingerprint density at radius 1 is 1.60 bits per heavy atom. The summed E-state index contributed by atoms with van der Waals surface area (Å²) in [6.45, 7) is 1.88. The van der Waals surface area contributed by atoms with Crippen LogP contribution in [0.4, 0.5) is 0 Å². The van der Waals surface area contributed by atoms with Gasteiger partial charge in [0.2, 0.25) is 5.91 Å². The van der Waals surface area contributed by atoms with E-state index in [-0.39, 0.29) is 12.5 Å². The molecule has 0 aromatic rings. The molecule has 1 saturated heterocycles. The molecule has 1 rings (SSSR count). The normalized spacial score (nSPS) is 20.9. The van der Waals surface area contributed by atoms with Crippen LogP contribution in [0.3, 0.4) is 0 Å². The van der Waals surface area contributed by atoms with E-state index in [1.165, 1.54) is 0 Å². The lowest BCUT2D eigenvalue weighted by Gasteiger charge is -2.24. The van der Waals surface area contributed by atoms with Crippen LogP contribution in [0.1, 0.15) is 32.1 Å². The Morgan fingerprint density at radius 3 is 3.07 bits per heavy atom. The van der Waals surface area contributed by atoms with Crippen LogP contribution in [0.15, 0.2) is 0 Å². The Kier molecular flexibility index (Phi) is 5.65. The number of aliphatic hydroxyl groups excluding tert-OH is 1. The molecule has 0 aromatic carbocycles. The van der Waals surface area contributed by atoms with Gasteiger partial charge in [0.25, 0.3) is 0 Å². The molecular weight excluding hydrogens is 192 g/mol. The maximum atomic E-state index is 11.8. The highest BCUT2D eigenvalue weighted by Gasteiger charge is 2.27. The first-order chi connectivity index (χ1) is 7.29. The second-order valence-corrected chi connectivity index (χ2v) is 4.10. The predicted octanol–water partition coefficient (Wildman–Crippen LogP) is 0.359. The smallest absolute Gasteiger partial charge is 0.224 e. The summed E-state index contributed by atoms with van der Waals surface area (Å²) >= 11 is 0. The number of aliphatic hydroxyl groups is 1. The van der Waals surface area contributed by atoms with E-state index in [2.05, 4.69) is 5.32 Å². The second kappa shape index (κ2) is 6.80. The molecular formula is C11H22N2O2. The third kappa shape index (κ3) is 3.80. The Bertz CT molecular complexity index is 197. The molecule has 2 N–H and O–H groups in total. The number of carbonyl (C=O) groups excluding carboxylic acids is 1. The SMILES string of the molecule is CNCCC(=O)N1CCCC1CCCO. The Hall–Kier alpha value is -0.610. The zero-order valence-electron chi connectivity index (χ0n) is 9.54. The molecule has 4 heteroatoms. The fourth-order valence-corrected chi connectivity index (χ4v) is 2.17. The maximum Gasteiger partial charge on any atom is 0.224 e. The van der Waals surface area contributed by atoms with E-state index in [0.29, 0.717) is 12.5 Å². The molecule has 0 bridgehead atoms. The van der Waals surface area contributed by atoms with Gasteiger partial charge in [0.15, 0.2) is 0 Å². The summed E-state index contributed by atoms with van der Waals surface area (Å²) in [7, 11) is 1.86. The van der Waals surface area contributed by atoms with Gasteiger partial charge in [0.1, 0.15) is 0 Å². The van der Waals surface area contributed by atoms with E-state index in [0.717, 1.165) is 38.8 Å². The highest BCUT2D eigenvalue weighted by Crippen LogP contribution is 2.21. The molecule has 15 heavy (non-hydrogen) atoms. The molecule has 0 aromatic heterocycles. The fourth-order valence-electron chi connectivity index (χ4n) is 2.17. The van der Waals surface area contributed by atoms with Crippen LogP contribution in [0.5, 0.6) is 0 Å². The van der Waals surface area contributed by atoms with Gasteiger partial charge in [0.05, 0.1) is 0 Å². The lowest BCUT2D eigenvalue weighted by Crippen LogP contribution is -2.36. The van der Waals surface area contributed by atoms with E-state index in [1.54, 1.807) is 0 Å². The Labute approximate surface area is 91.6 Å². The fraction of sp³-hybridized carbons (Fsp3) is 0.909. The van der Waals surface area contributed by atoms with Gasteiger partial charge in [-0.15, -0.1) is 0 Å². The number of nitrogens with one attached hydrogen (secondary N) is 1. The van der Waals surface area contributed by atoms with Crippen molar-refractivity contribution >= 4 is 5.91 Å². The van der Waals surface area contributed by atoms with Gasteiger partial charge >= 0.3 is 0 Å². The van der Waals surface area contributed by atoms with Gasteiger partial charge in [-0.05, 0) is 32.7 Å². The summed E-state index contributed by atoms with van der Waals surface area (Å²) in [5, 5.41) is 11.8. The van der Waals surface area contributed by atoms with Gasteiger partial charge in [0, 0.05) is 32.2 Å². The van der Waals surface area contributed by atoms with Crippen molar-refractivity contribution in [1.29, 1.82) is 0 Å². The van der Waals surface area contributed by atoms with Crippen LogP contribution in [0.25, 0.3) is 0 Å². The number of carbonyl (C=O) groups is 1. The first-order valence-electron chi connectivity index (χ1n) is 5.84. The molecule has 0 spiro atoms. The molecule has 88 valence electrons. The highest BCUT2D eigenvalue weighted by molar-refractivity contribution is 5.77. The molecule has 0 saturated carbocycles. The van der Waals surface area contributed by atoms with Crippen molar-refractivity contribution in [3.8, 4) is 0 Å². The third-order valence-corrected chi connectivity index (χ3v) is 2.98. The van der Waals surface area contributed by atoms with E-state index in [9.17, 15) is 4.79 Å². The molecule has 0 radical (unpaired) electrons. The van der Waals surface area contributed by atoms with Crippen molar-refractivity contribution in [2.24, 2.45) is 0 Å². The number of rotatable bonds is 6. The Morgan fingerprint density at radius 2 is 2.40 bits per heavy atom. The van der Waals surface area contributed by atoms with Crippen LogP contribution < -0.4 is 5.32 Å². The van der Waals surface area contributed by atoms with E-state index < -0.39 is 0 Å². The average Bonchev–Trinajstić information content (AvgIpc) is 2.71. The minimum Gasteiger partial charge on any atom is -0.396 e. The van der Waals surface area contributed by atoms with E-state index in [4.69, 9.17) is 5.11 Å². The summed E-state index contributed by atoms with van der Waals surface area (Å²) < 4.78 is 0. The van der Waals surface area contributed by atoms with Crippen LogP contribution in [-0.4, -0.2) is 48.7 Å². The average molecular weight is 214 g/mol. The van der Waals surface area contributed by atoms with Crippen LogP contribution in [0, 0.1) is 0 Å². The molecule has 1 atom stereocenters. The molecule has 1 unspecified atom stereocenters. The van der Waals surface area contributed by atoms with Crippen molar-refractivity contribution in [3.63, 3.8) is 0 Å². The first kappa shape index (κ1) is 12.5. The van der Waals surface area contributed by atoms with Gasteiger partial charge in [-0.1, -0.05) is 0 Å². The zero-order valence-corrected chi connectivity index (χ0v) is 9.54. The van der Waals surface area contributed by atoms with Crippen LogP contribution >= 0.6 is 0 Å². The van der Waals surface area contributed by atoms with Crippen molar-refractivity contribution in [3.05, 3.63) is 0 Å². The minimum absolute atomic E-state index is 0.231. The van der Waals surface area contributed by atoms with Gasteiger partial charge < -0.3 is 15.3 Å². The quantitative estimate of drug-likeness (QED) is 0.671. The van der Waals surface area contributed by atoms with Crippen molar-refractivity contribution in [2.45, 2.75) is 38.1 Å². The molecule has 1 fully saturated rings. The molecule has 1 aliphatic rings. The molecule has 1 amide bonds. The molecule has 0 aliphatic carbocycles. The standard InChI is InChI=1S/C11H22N2O2/c1-12-7-6-11(15)13-8-2-4-10(13)5-3-9-14/h10,12,14H,2-9H2,1H3. The van der Waals surface area contributed by atoms with Gasteiger partial charge in [-0.3, -0.25) is 4.79 Å². The topological polar surface area (TPSA) is 52.6 Å². The van der Waals surface area contributed by atoms with Gasteiger partial charge in [-0.25, -0.2) is 0 Å². The van der Waals surface area contributed by atoms with Crippen molar-refractivity contribution in [2.75, 3.05) is 26.7 Å². The molecule has 4 nitrogen and oxygen atoms in total. The number of nitrogens with zero attached hydrogens (tertiary/aromatic N) is 1. The van der Waals surface area contributed by atoms with Crippen molar-refractivity contribution < 1.29 is 9.90 Å². The summed E-state index contributed by atoms with van der Waals surface area (Å²) in [6.07, 6.45) is 4.56. The zero-order chi connectivity index (χ0) is 11.1. The molecule has 1 aliphatic heterocycles. The van der Waals surface area contributed by atoms with Gasteiger partial charge in [-0.2, -0.15) is 0 Å². The lowest BCUT2D eigenvalue weighted by atomic mass is 10.1. The van der Waals surface area contributed by atoms with Crippen LogP contribution in [0.2, 0.25) is 0 Å². The summed E-state index contributed by atoms with van der Waals surface area (Å²) in [5.41, 5.74) is 0. The number of likely N-dealkylation sites (tertiary alicyclic amines) is 1. The largest absolute Gasteiger partial charge is 0.396 e. The Balaban J connectivity index is 2.34. The predicted molar refractivity (Wildman–Crippen MR) is 59.6 cm³/mol. The van der Waals surface area contributed by atoms with Crippen molar-refractivity contribution in [1.82, 2.24) is 10.2 Å². The minimum atomic E-state index is 0.231. The summed E-state index contributed by atoms with van der Waals surface area (Å²) in [6, 6.07) is 0.376. The number of hydrogen-bond donors (Lipinski definition) is 2. The summed E-state index contributed by atoms with van der Waals surface area (Å²) in [4.78, 5) is 13.8. The second-order valence-electron chi connectivity index (χ2n) is 4.10. The van der Waals surface area contributed by atoms with E-state index >= 15 is 0 Å².